The molecule has 0 atom stereocenters. The molecular weight excluding hydrogens is 363 g/mol. The third-order valence-corrected chi connectivity index (χ3v) is 4.11. The maximum atomic E-state index is 10.3. The summed E-state index contributed by atoms with van der Waals surface area (Å²) >= 11 is 2.23. The van der Waals surface area contributed by atoms with E-state index in [1.165, 1.54) is 0 Å². The van der Waals surface area contributed by atoms with E-state index < -0.39 is 0 Å². The maximum absolute atomic E-state index is 10.3. The number of para-hydroxylation sites is 1. The van der Waals surface area contributed by atoms with Gasteiger partial charge < -0.3 is 9.67 Å². The molecule has 0 saturated carbocycles. The van der Waals surface area contributed by atoms with Crippen molar-refractivity contribution in [1.29, 1.82) is 5.41 Å². The first-order valence-electron chi connectivity index (χ1n) is 6.21. The van der Waals surface area contributed by atoms with Crippen LogP contribution in [0, 0.1) is 8.98 Å². The van der Waals surface area contributed by atoms with Crippen molar-refractivity contribution in [3.8, 4) is 5.88 Å². The molecule has 2 N–H and O–H groups in total. The highest BCUT2D eigenvalue weighted by atomic mass is 127. The first-order chi connectivity index (χ1) is 9.59. The van der Waals surface area contributed by atoms with Gasteiger partial charge in [0.2, 0.25) is 5.88 Å². The number of halogens is 1. The second kappa shape index (κ2) is 4.94. The van der Waals surface area contributed by atoms with Gasteiger partial charge in [-0.25, -0.2) is 0 Å². The molecule has 0 aliphatic rings. The maximum Gasteiger partial charge on any atom is 0.201 e. The molecule has 0 aliphatic carbocycles. The summed E-state index contributed by atoms with van der Waals surface area (Å²) in [5.74, 6) is 0.134. The Labute approximate surface area is 130 Å². The monoisotopic (exact) mass is 376 g/mol. The van der Waals surface area contributed by atoms with E-state index in [1.807, 2.05) is 55.6 Å². The molecule has 1 heterocycles. The molecule has 3 aromatic rings. The molecule has 0 spiro atoms. The van der Waals surface area contributed by atoms with Crippen LogP contribution in [0.4, 0.5) is 0 Å². The van der Waals surface area contributed by atoms with E-state index in [9.17, 15) is 5.11 Å². The van der Waals surface area contributed by atoms with Crippen LogP contribution in [0.2, 0.25) is 0 Å². The van der Waals surface area contributed by atoms with Gasteiger partial charge in [0.15, 0.2) is 0 Å². The number of hydrogen-bond acceptors (Lipinski definition) is 2. The van der Waals surface area contributed by atoms with Gasteiger partial charge >= 0.3 is 0 Å². The van der Waals surface area contributed by atoms with Gasteiger partial charge in [-0.2, -0.15) is 0 Å². The fourth-order valence-electron chi connectivity index (χ4n) is 2.41. The SMILES string of the molecule is Cn1c(O)c(C(=N)c2cccc(I)c2)c2ccccc21. The Kier molecular flexibility index (Phi) is 3.25. The van der Waals surface area contributed by atoms with Crippen LogP contribution in [0.3, 0.4) is 0 Å². The molecule has 0 aliphatic heterocycles. The fourth-order valence-corrected chi connectivity index (χ4v) is 2.96. The summed E-state index contributed by atoms with van der Waals surface area (Å²) < 4.78 is 2.79. The van der Waals surface area contributed by atoms with E-state index in [2.05, 4.69) is 22.6 Å². The minimum absolute atomic E-state index is 0.134. The third-order valence-electron chi connectivity index (χ3n) is 3.44. The standard InChI is InChI=1S/C16H13IN2O/c1-19-13-8-3-2-7-12(13)14(16(19)20)15(18)10-5-4-6-11(17)9-10/h2-9,18,20H,1H3. The summed E-state index contributed by atoms with van der Waals surface area (Å²) in [4.78, 5) is 0. The van der Waals surface area contributed by atoms with E-state index in [0.717, 1.165) is 20.0 Å². The molecule has 3 nitrogen and oxygen atoms in total. The Morgan fingerprint density at radius 2 is 1.90 bits per heavy atom. The van der Waals surface area contributed by atoms with Crippen LogP contribution in [-0.4, -0.2) is 15.4 Å². The zero-order valence-electron chi connectivity index (χ0n) is 10.9. The quantitative estimate of drug-likeness (QED) is 0.517. The van der Waals surface area contributed by atoms with E-state index in [-0.39, 0.29) is 5.88 Å². The summed E-state index contributed by atoms with van der Waals surface area (Å²) in [6.45, 7) is 0. The molecule has 0 saturated heterocycles. The summed E-state index contributed by atoms with van der Waals surface area (Å²) in [6, 6.07) is 15.5. The molecule has 0 radical (unpaired) electrons. The van der Waals surface area contributed by atoms with Crippen LogP contribution >= 0.6 is 22.6 Å². The Bertz CT molecular complexity index is 820. The van der Waals surface area contributed by atoms with E-state index in [1.54, 1.807) is 4.57 Å². The lowest BCUT2D eigenvalue weighted by Gasteiger charge is -2.05. The average molecular weight is 376 g/mol. The molecule has 1 aromatic heterocycles. The van der Waals surface area contributed by atoms with Gasteiger partial charge in [-0.15, -0.1) is 0 Å². The largest absolute Gasteiger partial charge is 0.494 e. The number of benzene rings is 2. The minimum atomic E-state index is 0.134. The number of nitrogens with one attached hydrogen (secondary N) is 1. The number of hydrogen-bond donors (Lipinski definition) is 2. The van der Waals surface area contributed by atoms with Gasteiger partial charge in [0.25, 0.3) is 0 Å². The summed E-state index contributed by atoms with van der Waals surface area (Å²) in [5.41, 5.74) is 2.67. The molecule has 0 unspecified atom stereocenters. The smallest absolute Gasteiger partial charge is 0.201 e. The van der Waals surface area contributed by atoms with E-state index >= 15 is 0 Å². The van der Waals surface area contributed by atoms with E-state index in [4.69, 9.17) is 5.41 Å². The van der Waals surface area contributed by atoms with Crippen LogP contribution in [-0.2, 0) is 7.05 Å². The number of aromatic nitrogens is 1. The summed E-state index contributed by atoms with van der Waals surface area (Å²) in [7, 11) is 1.81. The number of aryl methyl sites for hydroxylation is 1. The van der Waals surface area contributed by atoms with Gasteiger partial charge in [-0.1, -0.05) is 30.3 Å². The number of rotatable bonds is 2. The van der Waals surface area contributed by atoms with Crippen molar-refractivity contribution in [1.82, 2.24) is 4.57 Å². The molecule has 4 heteroatoms. The van der Waals surface area contributed by atoms with Crippen LogP contribution in [0.1, 0.15) is 11.1 Å². The van der Waals surface area contributed by atoms with Gasteiger partial charge in [0.05, 0.1) is 16.8 Å². The average Bonchev–Trinajstić information content (AvgIpc) is 2.71. The lowest BCUT2D eigenvalue weighted by molar-refractivity contribution is 0.434. The molecule has 20 heavy (non-hydrogen) atoms. The second-order valence-electron chi connectivity index (χ2n) is 4.66. The number of aromatic hydroxyl groups is 1. The molecule has 0 amide bonds. The van der Waals surface area contributed by atoms with Gasteiger partial charge in [0.1, 0.15) is 0 Å². The Balaban J connectivity index is 2.25. The minimum Gasteiger partial charge on any atom is -0.494 e. The van der Waals surface area contributed by atoms with Crippen LogP contribution in [0.15, 0.2) is 48.5 Å². The topological polar surface area (TPSA) is 49.0 Å². The Morgan fingerprint density at radius 3 is 2.65 bits per heavy atom. The van der Waals surface area contributed by atoms with Crippen LogP contribution in [0.5, 0.6) is 5.88 Å². The predicted molar refractivity (Wildman–Crippen MR) is 89.7 cm³/mol. The Hall–Kier alpha value is -1.82. The lowest BCUT2D eigenvalue weighted by atomic mass is 10.0. The Morgan fingerprint density at radius 1 is 1.15 bits per heavy atom. The van der Waals surface area contributed by atoms with Crippen molar-refractivity contribution in [2.75, 3.05) is 0 Å². The summed E-state index contributed by atoms with van der Waals surface area (Å²) in [5, 5.41) is 19.7. The number of fused-ring (bicyclic) bond motifs is 1. The highest BCUT2D eigenvalue weighted by molar-refractivity contribution is 14.1. The third kappa shape index (κ3) is 2.00. The van der Waals surface area contributed by atoms with Crippen molar-refractivity contribution < 1.29 is 5.11 Å². The molecule has 3 rings (SSSR count). The van der Waals surface area contributed by atoms with Crippen molar-refractivity contribution >= 4 is 39.2 Å². The van der Waals surface area contributed by atoms with Crippen molar-refractivity contribution in [2.45, 2.75) is 0 Å². The van der Waals surface area contributed by atoms with Crippen molar-refractivity contribution in [3.05, 3.63) is 63.2 Å². The fraction of sp³-hybridized carbons (Fsp3) is 0.0625. The molecule has 0 fully saturated rings. The normalized spacial score (nSPS) is 10.9. The number of nitrogens with zero attached hydrogens (tertiary/aromatic N) is 1. The van der Waals surface area contributed by atoms with Crippen LogP contribution in [0.25, 0.3) is 10.9 Å². The van der Waals surface area contributed by atoms with Gasteiger partial charge in [-0.05, 0) is 40.8 Å². The highest BCUT2D eigenvalue weighted by Gasteiger charge is 2.19. The first kappa shape index (κ1) is 13.2. The zero-order chi connectivity index (χ0) is 14.3. The lowest BCUT2D eigenvalue weighted by Crippen LogP contribution is -2.01. The highest BCUT2D eigenvalue weighted by Crippen LogP contribution is 2.32. The molecular formula is C16H13IN2O. The second-order valence-corrected chi connectivity index (χ2v) is 5.91. The molecule has 100 valence electrons. The van der Waals surface area contributed by atoms with E-state index in [0.29, 0.717) is 11.3 Å². The predicted octanol–water partition coefficient (Wildman–Crippen LogP) is 3.90. The van der Waals surface area contributed by atoms with Crippen LogP contribution < -0.4 is 0 Å². The molecule has 2 aromatic carbocycles. The zero-order valence-corrected chi connectivity index (χ0v) is 13.0. The van der Waals surface area contributed by atoms with Crippen molar-refractivity contribution in [3.63, 3.8) is 0 Å². The van der Waals surface area contributed by atoms with Gasteiger partial charge in [-0.3, -0.25) is 5.41 Å². The molecule has 0 bridgehead atoms. The van der Waals surface area contributed by atoms with Gasteiger partial charge in [0, 0.05) is 21.6 Å². The summed E-state index contributed by atoms with van der Waals surface area (Å²) in [6.07, 6.45) is 0. The van der Waals surface area contributed by atoms with Crippen molar-refractivity contribution in [2.24, 2.45) is 7.05 Å². The first-order valence-corrected chi connectivity index (χ1v) is 7.28.